The molecule has 1 rings (SSSR count). The van der Waals surface area contributed by atoms with Gasteiger partial charge < -0.3 is 4.74 Å². The third-order valence-electron chi connectivity index (χ3n) is 1.52. The maximum Gasteiger partial charge on any atom is 0.422 e. The number of rotatable bonds is 3. The van der Waals surface area contributed by atoms with Crippen LogP contribution in [0.25, 0.3) is 0 Å². The number of ether oxygens (including phenoxy) is 1. The smallest absolute Gasteiger partial charge is 0.422 e. The average Bonchev–Trinajstić information content (AvgIpc) is 2.14. The summed E-state index contributed by atoms with van der Waals surface area (Å²) in [7, 11) is 0.652. The minimum atomic E-state index is -4.12. The number of carbonyl (C=O) groups excluding carboxylic acids is 1. The fraction of sp³-hybridized carbons (Fsp3) is 0.125. The second kappa shape index (κ2) is 5.38. The van der Waals surface area contributed by atoms with E-state index in [1.807, 2.05) is 0 Å². The number of carbonyl (C=O) groups is 1. The largest absolute Gasteiger partial charge is 0.444 e. The minimum absolute atomic E-state index is 0.141. The van der Waals surface area contributed by atoms with Gasteiger partial charge in [-0.1, -0.05) is 29.8 Å². The van der Waals surface area contributed by atoms with E-state index in [0.29, 0.717) is 10.6 Å². The van der Waals surface area contributed by atoms with E-state index in [0.717, 1.165) is 0 Å². The Morgan fingerprint density at radius 3 is 2.56 bits per heavy atom. The van der Waals surface area contributed by atoms with E-state index < -0.39 is 15.3 Å². The van der Waals surface area contributed by atoms with Gasteiger partial charge in [-0.15, -0.1) is 0 Å². The van der Waals surface area contributed by atoms with E-state index in [9.17, 15) is 13.2 Å². The van der Waals surface area contributed by atoms with Gasteiger partial charge in [0.25, 0.3) is 0 Å². The second-order valence-electron chi connectivity index (χ2n) is 2.71. The molecule has 1 aromatic carbocycles. The van der Waals surface area contributed by atoms with Crippen molar-refractivity contribution >= 4 is 37.6 Å². The van der Waals surface area contributed by atoms with Crippen molar-refractivity contribution in [3.05, 3.63) is 34.9 Å². The van der Waals surface area contributed by atoms with E-state index in [2.05, 4.69) is 4.74 Å². The zero-order valence-corrected chi connectivity index (χ0v) is 10.1. The fourth-order valence-electron chi connectivity index (χ4n) is 0.888. The van der Waals surface area contributed by atoms with Crippen molar-refractivity contribution in [1.82, 2.24) is 4.72 Å². The van der Waals surface area contributed by atoms with Gasteiger partial charge in [-0.25, -0.2) is 9.52 Å². The van der Waals surface area contributed by atoms with Gasteiger partial charge in [0, 0.05) is 21.3 Å². The van der Waals surface area contributed by atoms with Crippen LogP contribution in [0, 0.1) is 0 Å². The molecule has 0 fully saturated rings. The van der Waals surface area contributed by atoms with Crippen molar-refractivity contribution in [3.8, 4) is 0 Å². The standard InChI is InChI=1S/C8H7Cl2NO4S/c9-7-4-2-1-3-6(7)5-15-8(12)11-16(10,13)14/h1-4H,5H2,(H,11,12). The maximum atomic E-state index is 10.9. The normalized spacial score (nSPS) is 10.9. The Hall–Kier alpha value is -0.980. The summed E-state index contributed by atoms with van der Waals surface area (Å²) in [5.41, 5.74) is 0.561. The summed E-state index contributed by atoms with van der Waals surface area (Å²) in [6.07, 6.45) is -1.16. The second-order valence-corrected chi connectivity index (χ2v) is 5.41. The number of hydrogen-bond donors (Lipinski definition) is 1. The molecular formula is C8H7Cl2NO4S. The third kappa shape index (κ3) is 4.69. The molecule has 0 unspecified atom stereocenters. The minimum Gasteiger partial charge on any atom is -0.444 e. The highest BCUT2D eigenvalue weighted by Crippen LogP contribution is 2.15. The van der Waals surface area contributed by atoms with Crippen molar-refractivity contribution in [1.29, 1.82) is 0 Å². The van der Waals surface area contributed by atoms with Crippen LogP contribution in [0.5, 0.6) is 0 Å². The van der Waals surface area contributed by atoms with E-state index >= 15 is 0 Å². The Kier molecular flexibility index (Phi) is 4.40. The molecule has 0 aliphatic rings. The molecule has 0 aliphatic carbocycles. The Labute approximate surface area is 102 Å². The fourth-order valence-corrected chi connectivity index (χ4v) is 1.53. The highest BCUT2D eigenvalue weighted by atomic mass is 35.7. The lowest BCUT2D eigenvalue weighted by Gasteiger charge is -2.05. The molecule has 88 valence electrons. The van der Waals surface area contributed by atoms with E-state index in [4.69, 9.17) is 22.3 Å². The van der Waals surface area contributed by atoms with Crippen LogP contribution < -0.4 is 4.72 Å². The Morgan fingerprint density at radius 2 is 2.00 bits per heavy atom. The van der Waals surface area contributed by atoms with Gasteiger partial charge in [0.1, 0.15) is 6.61 Å². The van der Waals surface area contributed by atoms with Gasteiger partial charge in [0.15, 0.2) is 0 Å². The van der Waals surface area contributed by atoms with Gasteiger partial charge >= 0.3 is 15.3 Å². The number of hydrogen-bond acceptors (Lipinski definition) is 4. The van der Waals surface area contributed by atoms with Gasteiger partial charge in [-0.2, -0.15) is 8.42 Å². The van der Waals surface area contributed by atoms with Gasteiger partial charge in [-0.05, 0) is 6.07 Å². The lowest BCUT2D eigenvalue weighted by atomic mass is 10.2. The third-order valence-corrected chi connectivity index (χ3v) is 2.53. The molecule has 0 saturated heterocycles. The molecule has 0 aliphatic heterocycles. The summed E-state index contributed by atoms with van der Waals surface area (Å²) in [5.74, 6) is 0. The van der Waals surface area contributed by atoms with Crippen LogP contribution in [-0.4, -0.2) is 14.5 Å². The predicted molar refractivity (Wildman–Crippen MR) is 59.5 cm³/mol. The molecular weight excluding hydrogens is 277 g/mol. The summed E-state index contributed by atoms with van der Waals surface area (Å²) >= 11 is 5.78. The summed E-state index contributed by atoms with van der Waals surface area (Å²) < 4.78 is 26.9. The molecule has 0 atom stereocenters. The van der Waals surface area contributed by atoms with E-state index in [1.165, 1.54) is 4.72 Å². The van der Waals surface area contributed by atoms with Gasteiger partial charge in [-0.3, -0.25) is 0 Å². The maximum absolute atomic E-state index is 10.9. The molecule has 5 nitrogen and oxygen atoms in total. The van der Waals surface area contributed by atoms with Crippen LogP contribution in [0.15, 0.2) is 24.3 Å². The lowest BCUT2D eigenvalue weighted by molar-refractivity contribution is 0.146. The molecule has 0 aromatic heterocycles. The highest BCUT2D eigenvalue weighted by Gasteiger charge is 2.12. The zero-order valence-electron chi connectivity index (χ0n) is 7.81. The quantitative estimate of drug-likeness (QED) is 0.862. The van der Waals surface area contributed by atoms with Crippen molar-refractivity contribution < 1.29 is 17.9 Å². The topological polar surface area (TPSA) is 72.5 Å². The summed E-state index contributed by atoms with van der Waals surface area (Å²) in [6.45, 7) is -0.141. The van der Waals surface area contributed by atoms with E-state index in [-0.39, 0.29) is 6.61 Å². The Morgan fingerprint density at radius 1 is 1.38 bits per heavy atom. The molecule has 0 spiro atoms. The molecule has 16 heavy (non-hydrogen) atoms. The number of nitrogens with one attached hydrogen (secondary N) is 1. The molecule has 0 heterocycles. The first-order chi connectivity index (χ1) is 7.38. The Bertz CT molecular complexity index is 489. The number of benzene rings is 1. The molecule has 0 radical (unpaired) electrons. The summed E-state index contributed by atoms with van der Waals surface area (Å²) in [5, 5.41) is 0.420. The summed E-state index contributed by atoms with van der Waals surface area (Å²) in [6, 6.07) is 6.69. The van der Waals surface area contributed by atoms with Crippen LogP contribution in [0.2, 0.25) is 5.02 Å². The number of halogens is 2. The molecule has 1 aromatic rings. The van der Waals surface area contributed by atoms with Gasteiger partial charge in [0.05, 0.1) is 0 Å². The van der Waals surface area contributed by atoms with Crippen molar-refractivity contribution in [3.63, 3.8) is 0 Å². The monoisotopic (exact) mass is 283 g/mol. The SMILES string of the molecule is O=C(NS(=O)(=O)Cl)OCc1ccccc1Cl. The van der Waals surface area contributed by atoms with Crippen LogP contribution in [0.4, 0.5) is 4.79 Å². The van der Waals surface area contributed by atoms with Crippen molar-refractivity contribution in [2.75, 3.05) is 0 Å². The number of amides is 1. The first kappa shape index (κ1) is 13.1. The van der Waals surface area contributed by atoms with E-state index in [1.54, 1.807) is 24.3 Å². The predicted octanol–water partition coefficient (Wildman–Crippen LogP) is 2.05. The van der Waals surface area contributed by atoms with Crippen molar-refractivity contribution in [2.45, 2.75) is 6.61 Å². The lowest BCUT2D eigenvalue weighted by Crippen LogP contribution is -2.27. The Balaban J connectivity index is 2.53. The first-order valence-corrected chi connectivity index (χ1v) is 6.70. The average molecular weight is 284 g/mol. The zero-order chi connectivity index (χ0) is 12.2. The van der Waals surface area contributed by atoms with Crippen molar-refractivity contribution in [2.24, 2.45) is 0 Å². The van der Waals surface area contributed by atoms with Crippen LogP contribution in [0.3, 0.4) is 0 Å². The molecule has 0 saturated carbocycles. The van der Waals surface area contributed by atoms with Crippen LogP contribution in [0.1, 0.15) is 5.56 Å². The molecule has 1 N–H and O–H groups in total. The first-order valence-electron chi connectivity index (χ1n) is 4.01. The van der Waals surface area contributed by atoms with Crippen LogP contribution >= 0.6 is 22.3 Å². The molecule has 8 heteroatoms. The molecule has 0 bridgehead atoms. The van der Waals surface area contributed by atoms with Crippen LogP contribution in [-0.2, 0) is 20.6 Å². The summed E-state index contributed by atoms with van der Waals surface area (Å²) in [4.78, 5) is 10.9. The van der Waals surface area contributed by atoms with Gasteiger partial charge in [0.2, 0.25) is 0 Å². The molecule has 1 amide bonds. The highest BCUT2D eigenvalue weighted by molar-refractivity contribution is 8.12.